The second-order valence-corrected chi connectivity index (χ2v) is 8.40. The van der Waals surface area contributed by atoms with Crippen molar-refractivity contribution in [3.8, 4) is 11.8 Å². The highest BCUT2D eigenvalue weighted by Crippen LogP contribution is 2.46. The first-order chi connectivity index (χ1) is 14.0. The zero-order valence-corrected chi connectivity index (χ0v) is 17.7. The van der Waals surface area contributed by atoms with Crippen LogP contribution in [0.25, 0.3) is 0 Å². The summed E-state index contributed by atoms with van der Waals surface area (Å²) < 4.78 is 6.20. The van der Waals surface area contributed by atoms with Crippen LogP contribution in [0.4, 0.5) is 0 Å². The van der Waals surface area contributed by atoms with Crippen LogP contribution in [0.5, 0.6) is 5.75 Å². The molecule has 2 aromatic carbocycles. The summed E-state index contributed by atoms with van der Waals surface area (Å²) in [7, 11) is 1.64. The molecule has 0 amide bonds. The van der Waals surface area contributed by atoms with E-state index < -0.39 is 5.92 Å². The molecular weight excluding hydrogens is 428 g/mol. The second kappa shape index (κ2) is 7.88. The molecule has 0 saturated heterocycles. The minimum Gasteiger partial charge on any atom is -0.497 e. The number of carbonyl (C=O) groups excluding carboxylic acids is 1. The first-order valence-electron chi connectivity index (χ1n) is 9.53. The number of halogens is 1. The number of hydrogen-bond acceptors (Lipinski definition) is 4. The third kappa shape index (κ3) is 3.61. The molecule has 4 nitrogen and oxygen atoms in total. The zero-order valence-electron chi connectivity index (χ0n) is 16.1. The Hall–Kier alpha value is -2.84. The van der Waals surface area contributed by atoms with Crippen LogP contribution in [-0.4, -0.2) is 12.9 Å². The smallest absolute Gasteiger partial charge is 0.161 e. The van der Waals surface area contributed by atoms with E-state index in [0.29, 0.717) is 12.1 Å². The molecule has 1 aliphatic heterocycles. The molecule has 1 N–H and O–H groups in total. The maximum Gasteiger partial charge on any atom is 0.161 e. The third-order valence-electron chi connectivity index (χ3n) is 5.79. The molecule has 0 fully saturated rings. The van der Waals surface area contributed by atoms with E-state index in [1.165, 1.54) is 0 Å². The Balaban J connectivity index is 1.74. The maximum absolute atomic E-state index is 13.3. The number of nitriles is 1. The SMILES string of the molecule is C=C1NC2=C(C(=O)CC(c3ccc(OC)cc3)C2)C(c2ccc(Br)cc2)C1C#N. The fourth-order valence-corrected chi connectivity index (χ4v) is 4.61. The van der Waals surface area contributed by atoms with Crippen LogP contribution in [0.15, 0.2) is 76.5 Å². The molecular formula is C24H21BrN2O2. The zero-order chi connectivity index (χ0) is 20.5. The number of carbonyl (C=O) groups is 1. The summed E-state index contributed by atoms with van der Waals surface area (Å²) in [6, 6.07) is 18.1. The fraction of sp³-hybridized carbons (Fsp3) is 0.250. The summed E-state index contributed by atoms with van der Waals surface area (Å²) in [6.45, 7) is 4.09. The molecule has 3 unspecified atom stereocenters. The lowest BCUT2D eigenvalue weighted by atomic mass is 9.69. The van der Waals surface area contributed by atoms with Crippen molar-refractivity contribution >= 4 is 21.7 Å². The summed E-state index contributed by atoms with van der Waals surface area (Å²) in [4.78, 5) is 13.3. The van der Waals surface area contributed by atoms with Gasteiger partial charge in [-0.3, -0.25) is 4.79 Å². The van der Waals surface area contributed by atoms with Crippen molar-refractivity contribution in [3.05, 3.63) is 87.7 Å². The van der Waals surface area contributed by atoms with Crippen molar-refractivity contribution in [2.75, 3.05) is 7.11 Å². The molecule has 29 heavy (non-hydrogen) atoms. The summed E-state index contributed by atoms with van der Waals surface area (Å²) in [5.74, 6) is 0.224. The molecule has 0 saturated carbocycles. The van der Waals surface area contributed by atoms with E-state index in [-0.39, 0.29) is 17.6 Å². The Morgan fingerprint density at radius 1 is 1.10 bits per heavy atom. The number of Topliss-reactive ketones (excluding diaryl/α,β-unsaturated/α-hetero) is 1. The maximum atomic E-state index is 13.3. The molecule has 1 heterocycles. The number of nitrogens with one attached hydrogen (secondary N) is 1. The van der Waals surface area contributed by atoms with Gasteiger partial charge in [-0.2, -0.15) is 5.26 Å². The summed E-state index contributed by atoms with van der Waals surface area (Å²) in [6.07, 6.45) is 1.15. The Bertz CT molecular complexity index is 1030. The normalized spacial score (nSPS) is 23.8. The lowest BCUT2D eigenvalue weighted by Crippen LogP contribution is -2.38. The first kappa shape index (κ1) is 19.5. The number of benzene rings is 2. The van der Waals surface area contributed by atoms with Crippen LogP contribution in [0.3, 0.4) is 0 Å². The third-order valence-corrected chi connectivity index (χ3v) is 6.32. The lowest BCUT2D eigenvalue weighted by Gasteiger charge is -2.38. The monoisotopic (exact) mass is 448 g/mol. The molecule has 1 aliphatic carbocycles. The van der Waals surface area contributed by atoms with Crippen LogP contribution < -0.4 is 10.1 Å². The largest absolute Gasteiger partial charge is 0.497 e. The van der Waals surface area contributed by atoms with E-state index in [1.807, 2.05) is 48.5 Å². The van der Waals surface area contributed by atoms with E-state index >= 15 is 0 Å². The molecule has 4 rings (SSSR count). The van der Waals surface area contributed by atoms with Crippen LogP contribution in [0, 0.1) is 17.2 Å². The van der Waals surface area contributed by atoms with Gasteiger partial charge in [0, 0.05) is 33.8 Å². The molecule has 0 radical (unpaired) electrons. The van der Waals surface area contributed by atoms with Gasteiger partial charge in [0.2, 0.25) is 0 Å². The Kier molecular flexibility index (Phi) is 5.29. The lowest BCUT2D eigenvalue weighted by molar-refractivity contribution is -0.116. The van der Waals surface area contributed by atoms with E-state index in [9.17, 15) is 10.1 Å². The van der Waals surface area contributed by atoms with Crippen molar-refractivity contribution in [1.29, 1.82) is 5.26 Å². The number of allylic oxidation sites excluding steroid dienone is 3. The van der Waals surface area contributed by atoms with Gasteiger partial charge in [0.1, 0.15) is 5.75 Å². The van der Waals surface area contributed by atoms with E-state index in [4.69, 9.17) is 4.74 Å². The number of ether oxygens (including phenoxy) is 1. The predicted octanol–water partition coefficient (Wildman–Crippen LogP) is 5.20. The highest BCUT2D eigenvalue weighted by molar-refractivity contribution is 9.10. The van der Waals surface area contributed by atoms with Gasteiger partial charge < -0.3 is 10.1 Å². The Morgan fingerprint density at radius 3 is 2.38 bits per heavy atom. The molecule has 0 bridgehead atoms. The predicted molar refractivity (Wildman–Crippen MR) is 115 cm³/mol. The molecule has 2 aromatic rings. The molecule has 146 valence electrons. The topological polar surface area (TPSA) is 62.1 Å². The number of methoxy groups -OCH3 is 1. The van der Waals surface area contributed by atoms with Crippen molar-refractivity contribution < 1.29 is 9.53 Å². The van der Waals surface area contributed by atoms with Gasteiger partial charge in [0.05, 0.1) is 19.1 Å². The van der Waals surface area contributed by atoms with Crippen LogP contribution >= 0.6 is 15.9 Å². The van der Waals surface area contributed by atoms with Gasteiger partial charge in [0.15, 0.2) is 5.78 Å². The van der Waals surface area contributed by atoms with E-state index in [1.54, 1.807) is 7.11 Å². The first-order valence-corrected chi connectivity index (χ1v) is 10.3. The Labute approximate surface area is 179 Å². The van der Waals surface area contributed by atoms with Crippen molar-refractivity contribution in [2.45, 2.75) is 24.7 Å². The van der Waals surface area contributed by atoms with E-state index in [2.05, 4.69) is 33.9 Å². The standard InChI is InChI=1S/C24H21BrN2O2/c1-14-20(13-26)23(16-3-7-18(25)8-4-16)24-21(27-14)11-17(12-22(24)28)15-5-9-19(29-2)10-6-15/h3-10,17,20,23,27H,1,11-12H2,2H3. The average Bonchev–Trinajstić information content (AvgIpc) is 2.73. The number of ketones is 1. The second-order valence-electron chi connectivity index (χ2n) is 7.48. The van der Waals surface area contributed by atoms with Gasteiger partial charge in [-0.25, -0.2) is 0 Å². The van der Waals surface area contributed by atoms with Crippen LogP contribution in [0.1, 0.15) is 35.8 Å². The fourth-order valence-electron chi connectivity index (χ4n) is 4.34. The molecule has 0 aromatic heterocycles. The molecule has 2 aliphatic rings. The highest BCUT2D eigenvalue weighted by atomic mass is 79.9. The van der Waals surface area contributed by atoms with Crippen molar-refractivity contribution in [1.82, 2.24) is 5.32 Å². The van der Waals surface area contributed by atoms with Gasteiger partial charge >= 0.3 is 0 Å². The van der Waals surface area contributed by atoms with Crippen LogP contribution in [0.2, 0.25) is 0 Å². The Morgan fingerprint density at radius 2 is 1.76 bits per heavy atom. The number of nitrogens with zero attached hydrogens (tertiary/aromatic N) is 1. The quantitative estimate of drug-likeness (QED) is 0.700. The summed E-state index contributed by atoms with van der Waals surface area (Å²) in [5.41, 5.74) is 4.36. The van der Waals surface area contributed by atoms with Crippen LogP contribution in [-0.2, 0) is 4.79 Å². The highest BCUT2D eigenvalue weighted by Gasteiger charge is 2.42. The van der Waals surface area contributed by atoms with E-state index in [0.717, 1.165) is 39.0 Å². The van der Waals surface area contributed by atoms with Gasteiger partial charge in [-0.05, 0) is 47.7 Å². The van der Waals surface area contributed by atoms with Gasteiger partial charge in [0.25, 0.3) is 0 Å². The van der Waals surface area contributed by atoms with Gasteiger partial charge in [-0.15, -0.1) is 0 Å². The average molecular weight is 449 g/mol. The van der Waals surface area contributed by atoms with Crippen molar-refractivity contribution in [3.63, 3.8) is 0 Å². The molecule has 5 heteroatoms. The minimum atomic E-state index is -0.476. The van der Waals surface area contributed by atoms with Crippen molar-refractivity contribution in [2.24, 2.45) is 5.92 Å². The number of hydrogen-bond donors (Lipinski definition) is 1. The molecule has 0 spiro atoms. The summed E-state index contributed by atoms with van der Waals surface area (Å²) >= 11 is 3.46. The molecule has 3 atom stereocenters. The summed E-state index contributed by atoms with van der Waals surface area (Å²) in [5, 5.41) is 13.1. The number of rotatable bonds is 3. The van der Waals surface area contributed by atoms with Gasteiger partial charge in [-0.1, -0.05) is 46.8 Å². The minimum absolute atomic E-state index is 0.0941.